The van der Waals surface area contributed by atoms with Crippen LogP contribution < -0.4 is 14.8 Å². The summed E-state index contributed by atoms with van der Waals surface area (Å²) in [4.78, 5) is 13.0. The number of nitrogens with one attached hydrogen (secondary N) is 1. The van der Waals surface area contributed by atoms with E-state index in [2.05, 4.69) is 5.32 Å². The first-order valence-corrected chi connectivity index (χ1v) is 8.73. The van der Waals surface area contributed by atoms with E-state index in [1.54, 1.807) is 12.1 Å². The highest BCUT2D eigenvalue weighted by molar-refractivity contribution is 6.04. The number of rotatable bonds is 1. The molecule has 136 valence electrons. The third-order valence-corrected chi connectivity index (χ3v) is 5.39. The Morgan fingerprint density at radius 2 is 1.73 bits per heavy atom. The van der Waals surface area contributed by atoms with Gasteiger partial charge in [0.05, 0.1) is 16.6 Å². The van der Waals surface area contributed by atoms with Gasteiger partial charge in [0, 0.05) is 5.56 Å². The van der Waals surface area contributed by atoms with Crippen molar-refractivity contribution in [3.8, 4) is 28.4 Å². The summed E-state index contributed by atoms with van der Waals surface area (Å²) in [6.45, 7) is 9.76. The van der Waals surface area contributed by atoms with E-state index in [1.807, 2.05) is 46.8 Å². The highest BCUT2D eigenvalue weighted by Gasteiger charge is 2.48. The van der Waals surface area contributed by atoms with Crippen LogP contribution in [0.4, 0.5) is 5.69 Å². The van der Waals surface area contributed by atoms with Gasteiger partial charge in [0.1, 0.15) is 5.75 Å². The van der Waals surface area contributed by atoms with Crippen LogP contribution in [0.2, 0.25) is 0 Å². The van der Waals surface area contributed by atoms with E-state index < -0.39 is 11.0 Å². The van der Waals surface area contributed by atoms with Gasteiger partial charge in [-0.25, -0.2) is 0 Å². The monoisotopic (exact) mass is 353 g/mol. The topological polar surface area (TPSA) is 67.8 Å². The maximum absolute atomic E-state index is 13.0. The minimum absolute atomic E-state index is 0.129. The van der Waals surface area contributed by atoms with Crippen LogP contribution in [-0.2, 0) is 10.2 Å². The molecular formula is C21H23NO4. The molecule has 0 bridgehead atoms. The van der Waals surface area contributed by atoms with Crippen molar-refractivity contribution in [1.82, 2.24) is 0 Å². The number of aryl methyl sites for hydroxylation is 1. The molecule has 0 aromatic heterocycles. The van der Waals surface area contributed by atoms with E-state index >= 15 is 0 Å². The van der Waals surface area contributed by atoms with Gasteiger partial charge in [0.25, 0.3) is 0 Å². The zero-order valence-electron chi connectivity index (χ0n) is 15.7. The SMILES string of the molecule is Cc1cc(O)ccc1-c1cc2c(c3c1OCO3)NC(C)(C)C(=O)C2(C)C. The standard InChI is InChI=1S/C21H23NO4/c1-11-8-12(23)6-7-13(11)14-9-15-16(18-17(14)25-10-26-18)22-21(4,5)19(24)20(15,2)3/h6-9,22-23H,10H2,1-5H3. The van der Waals surface area contributed by atoms with Crippen LogP contribution in [0.25, 0.3) is 11.1 Å². The molecule has 26 heavy (non-hydrogen) atoms. The van der Waals surface area contributed by atoms with Gasteiger partial charge >= 0.3 is 0 Å². The fourth-order valence-electron chi connectivity index (χ4n) is 4.11. The molecule has 2 aliphatic rings. The highest BCUT2D eigenvalue weighted by atomic mass is 16.7. The number of hydrogen-bond acceptors (Lipinski definition) is 5. The number of fused-ring (bicyclic) bond motifs is 3. The summed E-state index contributed by atoms with van der Waals surface area (Å²) in [5.74, 6) is 1.67. The van der Waals surface area contributed by atoms with Crippen LogP contribution in [0.15, 0.2) is 24.3 Å². The van der Waals surface area contributed by atoms with Gasteiger partial charge in [-0.3, -0.25) is 4.79 Å². The molecule has 0 saturated carbocycles. The second-order valence-electron chi connectivity index (χ2n) is 8.11. The molecule has 0 spiro atoms. The Morgan fingerprint density at radius 3 is 2.42 bits per heavy atom. The number of ketones is 1. The van der Waals surface area contributed by atoms with E-state index in [9.17, 15) is 9.90 Å². The number of benzene rings is 2. The van der Waals surface area contributed by atoms with Crippen LogP contribution in [0.5, 0.6) is 17.2 Å². The lowest BCUT2D eigenvalue weighted by molar-refractivity contribution is -0.127. The van der Waals surface area contributed by atoms with Crippen molar-refractivity contribution in [2.45, 2.75) is 45.6 Å². The third kappa shape index (κ3) is 2.19. The average molecular weight is 353 g/mol. The molecule has 5 nitrogen and oxygen atoms in total. The number of carbonyl (C=O) groups is 1. The summed E-state index contributed by atoms with van der Waals surface area (Å²) in [5, 5.41) is 13.1. The minimum Gasteiger partial charge on any atom is -0.508 e. The smallest absolute Gasteiger partial charge is 0.231 e. The molecule has 0 fully saturated rings. The van der Waals surface area contributed by atoms with Gasteiger partial charge in [-0.2, -0.15) is 0 Å². The van der Waals surface area contributed by atoms with Crippen LogP contribution in [0.3, 0.4) is 0 Å². The molecular weight excluding hydrogens is 330 g/mol. The van der Waals surface area contributed by atoms with Crippen molar-refractivity contribution in [1.29, 1.82) is 0 Å². The molecule has 0 aliphatic carbocycles. The molecule has 0 radical (unpaired) electrons. The van der Waals surface area contributed by atoms with Crippen LogP contribution in [-0.4, -0.2) is 23.2 Å². The van der Waals surface area contributed by atoms with Crippen molar-refractivity contribution < 1.29 is 19.4 Å². The van der Waals surface area contributed by atoms with Crippen molar-refractivity contribution in [3.05, 3.63) is 35.4 Å². The molecule has 2 aromatic carbocycles. The average Bonchev–Trinajstić information content (AvgIpc) is 3.03. The van der Waals surface area contributed by atoms with E-state index in [0.717, 1.165) is 27.9 Å². The Hall–Kier alpha value is -2.69. The Morgan fingerprint density at radius 1 is 1.04 bits per heavy atom. The first-order valence-electron chi connectivity index (χ1n) is 8.73. The molecule has 0 amide bonds. The fourth-order valence-corrected chi connectivity index (χ4v) is 4.11. The minimum atomic E-state index is -0.688. The number of carbonyl (C=O) groups excluding carboxylic acids is 1. The van der Waals surface area contributed by atoms with Crippen LogP contribution >= 0.6 is 0 Å². The Labute approximate surface area is 152 Å². The maximum Gasteiger partial charge on any atom is 0.231 e. The summed E-state index contributed by atoms with van der Waals surface area (Å²) in [7, 11) is 0. The summed E-state index contributed by atoms with van der Waals surface area (Å²) in [6, 6.07) is 7.25. The summed E-state index contributed by atoms with van der Waals surface area (Å²) >= 11 is 0. The highest BCUT2D eigenvalue weighted by Crippen LogP contribution is 2.54. The molecule has 0 unspecified atom stereocenters. The lowest BCUT2D eigenvalue weighted by Gasteiger charge is -2.42. The second-order valence-corrected chi connectivity index (χ2v) is 8.11. The molecule has 0 atom stereocenters. The normalized spacial score (nSPS) is 19.0. The van der Waals surface area contributed by atoms with Crippen LogP contribution in [0.1, 0.15) is 38.8 Å². The third-order valence-electron chi connectivity index (χ3n) is 5.39. The van der Waals surface area contributed by atoms with Crippen molar-refractivity contribution >= 4 is 11.5 Å². The van der Waals surface area contributed by atoms with Gasteiger partial charge < -0.3 is 19.9 Å². The zero-order valence-corrected chi connectivity index (χ0v) is 15.7. The molecule has 0 saturated heterocycles. The molecule has 2 heterocycles. The first kappa shape index (κ1) is 16.8. The largest absolute Gasteiger partial charge is 0.508 e. The molecule has 4 rings (SSSR count). The number of Topliss-reactive ketones (excluding diaryl/α,β-unsaturated/α-hetero) is 1. The second kappa shape index (κ2) is 5.16. The number of phenols is 1. The Balaban J connectivity index is 2.02. The summed E-state index contributed by atoms with van der Waals surface area (Å²) in [5.41, 5.74) is 3.12. The van der Waals surface area contributed by atoms with Crippen molar-refractivity contribution in [2.75, 3.05) is 12.1 Å². The number of hydrogen-bond donors (Lipinski definition) is 2. The van der Waals surface area contributed by atoms with Crippen molar-refractivity contribution in [3.63, 3.8) is 0 Å². The van der Waals surface area contributed by atoms with E-state index in [-0.39, 0.29) is 18.3 Å². The van der Waals surface area contributed by atoms with Crippen molar-refractivity contribution in [2.24, 2.45) is 0 Å². The number of ether oxygens (including phenoxy) is 2. The number of aromatic hydroxyl groups is 1. The summed E-state index contributed by atoms with van der Waals surface area (Å²) < 4.78 is 11.6. The molecule has 2 aliphatic heterocycles. The Bertz CT molecular complexity index is 944. The van der Waals surface area contributed by atoms with Crippen LogP contribution in [0, 0.1) is 6.92 Å². The van der Waals surface area contributed by atoms with E-state index in [1.165, 1.54) is 0 Å². The first-order chi connectivity index (χ1) is 12.1. The molecule has 5 heteroatoms. The quantitative estimate of drug-likeness (QED) is 0.806. The number of phenolic OH excluding ortho intramolecular Hbond substituents is 1. The van der Waals surface area contributed by atoms with E-state index in [0.29, 0.717) is 11.5 Å². The fraction of sp³-hybridized carbons (Fsp3) is 0.381. The van der Waals surface area contributed by atoms with Gasteiger partial charge in [-0.05, 0) is 69.5 Å². The number of anilines is 1. The summed E-state index contributed by atoms with van der Waals surface area (Å²) in [6.07, 6.45) is 0. The molecule has 2 N–H and O–H groups in total. The van der Waals surface area contributed by atoms with Gasteiger partial charge in [0.15, 0.2) is 17.3 Å². The predicted octanol–water partition coefficient (Wildman–Crippen LogP) is 4.15. The van der Waals surface area contributed by atoms with Gasteiger partial charge in [-0.15, -0.1) is 0 Å². The van der Waals surface area contributed by atoms with Gasteiger partial charge in [0.2, 0.25) is 6.79 Å². The zero-order chi connectivity index (χ0) is 18.9. The maximum atomic E-state index is 13.0. The van der Waals surface area contributed by atoms with E-state index in [4.69, 9.17) is 9.47 Å². The van der Waals surface area contributed by atoms with Gasteiger partial charge in [-0.1, -0.05) is 6.07 Å². The predicted molar refractivity (Wildman–Crippen MR) is 100 cm³/mol. The lowest BCUT2D eigenvalue weighted by Crippen LogP contribution is -2.53. The lowest BCUT2D eigenvalue weighted by atomic mass is 9.69. The molecule has 2 aromatic rings. The Kier molecular flexibility index (Phi) is 3.33.